The SMILES string of the molecule is CN1C(=N)N[C@](C)(c2cncc(-c3cccc(C#N)c3)c2)C(c2ccc(C(C)(C)C)cc2)C1=O. The minimum absolute atomic E-state index is 0.00574. The molecule has 34 heavy (non-hydrogen) atoms. The molecule has 0 radical (unpaired) electrons. The van der Waals surface area contributed by atoms with Crippen molar-refractivity contribution in [2.24, 2.45) is 0 Å². The number of hydrogen-bond acceptors (Lipinski definition) is 4. The first-order valence-corrected chi connectivity index (χ1v) is 11.3. The topological polar surface area (TPSA) is 92.9 Å². The van der Waals surface area contributed by atoms with E-state index in [4.69, 9.17) is 5.41 Å². The third-order valence-corrected chi connectivity index (χ3v) is 6.64. The molecule has 0 aliphatic carbocycles. The first-order valence-electron chi connectivity index (χ1n) is 11.3. The van der Waals surface area contributed by atoms with Crippen LogP contribution < -0.4 is 5.32 Å². The summed E-state index contributed by atoms with van der Waals surface area (Å²) in [6.07, 6.45) is 3.49. The van der Waals surface area contributed by atoms with Crippen LogP contribution in [-0.4, -0.2) is 28.8 Å². The Balaban J connectivity index is 1.83. The maximum absolute atomic E-state index is 13.5. The van der Waals surface area contributed by atoms with Crippen LogP contribution in [0.25, 0.3) is 11.1 Å². The molecule has 0 saturated carbocycles. The van der Waals surface area contributed by atoms with Crippen LogP contribution in [-0.2, 0) is 15.7 Å². The second kappa shape index (κ2) is 8.42. The van der Waals surface area contributed by atoms with E-state index in [0.29, 0.717) is 5.56 Å². The summed E-state index contributed by atoms with van der Waals surface area (Å²) in [5.41, 5.74) is 4.27. The molecule has 4 rings (SSSR count). The minimum atomic E-state index is -0.889. The standard InChI is InChI=1S/C28H29N5O/c1-27(2,3)22-11-9-19(10-12-22)24-25(34)33(5)26(30)32-28(24,4)23-14-21(16-31-17-23)20-8-6-7-18(13-20)15-29/h6-14,16-17,24H,1-5H3,(H2,30,32)/t24?,28-/m1/s1. The minimum Gasteiger partial charge on any atom is -0.346 e. The molecule has 0 spiro atoms. The van der Waals surface area contributed by atoms with Crippen LogP contribution in [0.15, 0.2) is 67.0 Å². The first-order chi connectivity index (χ1) is 16.0. The number of amides is 1. The molecule has 2 atom stereocenters. The lowest BCUT2D eigenvalue weighted by atomic mass is 9.73. The molecule has 1 amide bonds. The Morgan fingerprint density at radius 2 is 1.79 bits per heavy atom. The molecule has 172 valence electrons. The fourth-order valence-electron chi connectivity index (χ4n) is 4.49. The molecule has 0 bridgehead atoms. The summed E-state index contributed by atoms with van der Waals surface area (Å²) < 4.78 is 0. The van der Waals surface area contributed by atoms with Crippen molar-refractivity contribution in [1.29, 1.82) is 10.7 Å². The lowest BCUT2D eigenvalue weighted by Gasteiger charge is -2.45. The van der Waals surface area contributed by atoms with Gasteiger partial charge in [-0.1, -0.05) is 57.2 Å². The highest BCUT2D eigenvalue weighted by atomic mass is 16.2. The second-order valence-corrected chi connectivity index (χ2v) is 10.0. The lowest BCUT2D eigenvalue weighted by Crippen LogP contribution is -2.62. The third kappa shape index (κ3) is 4.06. The molecule has 3 aromatic rings. The van der Waals surface area contributed by atoms with Crippen molar-refractivity contribution in [2.45, 2.75) is 44.6 Å². The number of pyridine rings is 1. The summed E-state index contributed by atoms with van der Waals surface area (Å²) in [6, 6.07) is 19.7. The molecule has 1 aliphatic rings. The van der Waals surface area contributed by atoms with Gasteiger partial charge in [0.05, 0.1) is 23.1 Å². The predicted molar refractivity (Wildman–Crippen MR) is 133 cm³/mol. The number of carbonyl (C=O) groups excluding carboxylic acids is 1. The molecule has 2 N–H and O–H groups in total. The molecule has 6 heteroatoms. The summed E-state index contributed by atoms with van der Waals surface area (Å²) in [7, 11) is 1.62. The predicted octanol–water partition coefficient (Wildman–Crippen LogP) is 4.91. The van der Waals surface area contributed by atoms with Crippen molar-refractivity contribution in [3.8, 4) is 17.2 Å². The third-order valence-electron chi connectivity index (χ3n) is 6.64. The molecule has 1 unspecified atom stereocenters. The largest absolute Gasteiger partial charge is 0.346 e. The van der Waals surface area contributed by atoms with Crippen LogP contribution in [0.2, 0.25) is 0 Å². The summed E-state index contributed by atoms with van der Waals surface area (Å²) in [5, 5.41) is 21.0. The van der Waals surface area contributed by atoms with Gasteiger partial charge in [0.1, 0.15) is 0 Å². The fraction of sp³-hybridized carbons (Fsp3) is 0.286. The van der Waals surface area contributed by atoms with E-state index in [1.807, 2.05) is 43.3 Å². The van der Waals surface area contributed by atoms with Gasteiger partial charge in [0.2, 0.25) is 5.91 Å². The molecule has 2 heterocycles. The Kier molecular flexibility index (Phi) is 5.74. The zero-order valence-electron chi connectivity index (χ0n) is 20.2. The van der Waals surface area contributed by atoms with Gasteiger partial charge in [0.15, 0.2) is 5.96 Å². The summed E-state index contributed by atoms with van der Waals surface area (Å²) >= 11 is 0. The maximum Gasteiger partial charge on any atom is 0.239 e. The van der Waals surface area contributed by atoms with E-state index in [-0.39, 0.29) is 17.3 Å². The summed E-state index contributed by atoms with van der Waals surface area (Å²) in [4.78, 5) is 19.4. The molecule has 6 nitrogen and oxygen atoms in total. The van der Waals surface area contributed by atoms with Crippen molar-refractivity contribution >= 4 is 11.9 Å². The number of guanidine groups is 1. The Morgan fingerprint density at radius 1 is 1.09 bits per heavy atom. The molecular formula is C28H29N5O. The van der Waals surface area contributed by atoms with Crippen LogP contribution in [0.4, 0.5) is 0 Å². The monoisotopic (exact) mass is 451 g/mol. The van der Waals surface area contributed by atoms with E-state index < -0.39 is 11.5 Å². The number of rotatable bonds is 3. The molecule has 1 aliphatic heterocycles. The van der Waals surface area contributed by atoms with Gasteiger partial charge in [-0.3, -0.25) is 20.1 Å². The number of nitriles is 1. The highest BCUT2D eigenvalue weighted by molar-refractivity contribution is 6.02. The Hall–Kier alpha value is -3.98. The highest BCUT2D eigenvalue weighted by Gasteiger charge is 2.48. The van der Waals surface area contributed by atoms with Gasteiger partial charge >= 0.3 is 0 Å². The van der Waals surface area contributed by atoms with Gasteiger partial charge in [-0.2, -0.15) is 5.26 Å². The van der Waals surface area contributed by atoms with Crippen molar-refractivity contribution in [1.82, 2.24) is 15.2 Å². The van der Waals surface area contributed by atoms with Crippen LogP contribution in [0.1, 0.15) is 55.9 Å². The van der Waals surface area contributed by atoms with Crippen molar-refractivity contribution in [3.63, 3.8) is 0 Å². The quantitative estimate of drug-likeness (QED) is 0.592. The van der Waals surface area contributed by atoms with Crippen molar-refractivity contribution in [2.75, 3.05) is 7.05 Å². The van der Waals surface area contributed by atoms with Gasteiger partial charge in [0, 0.05) is 25.0 Å². The van der Waals surface area contributed by atoms with Gasteiger partial charge in [-0.25, -0.2) is 0 Å². The molecular weight excluding hydrogens is 422 g/mol. The number of benzene rings is 2. The van der Waals surface area contributed by atoms with Crippen LogP contribution in [0.5, 0.6) is 0 Å². The second-order valence-electron chi connectivity index (χ2n) is 10.0. The molecule has 2 aromatic carbocycles. The normalized spacial score (nSPS) is 20.6. The number of likely N-dealkylation sites (N-methyl/N-ethyl adjacent to an activating group) is 1. The number of carbonyl (C=O) groups is 1. The lowest BCUT2D eigenvalue weighted by molar-refractivity contribution is -0.131. The van der Waals surface area contributed by atoms with E-state index in [2.05, 4.69) is 49.3 Å². The summed E-state index contributed by atoms with van der Waals surface area (Å²) in [5.74, 6) is -0.651. The molecule has 1 fully saturated rings. The number of aromatic nitrogens is 1. The van der Waals surface area contributed by atoms with Gasteiger partial charge in [0.25, 0.3) is 0 Å². The maximum atomic E-state index is 13.5. The Labute approximate surface area is 200 Å². The van der Waals surface area contributed by atoms with Crippen LogP contribution >= 0.6 is 0 Å². The van der Waals surface area contributed by atoms with Crippen LogP contribution in [0.3, 0.4) is 0 Å². The molecule has 1 saturated heterocycles. The smallest absolute Gasteiger partial charge is 0.239 e. The zero-order valence-corrected chi connectivity index (χ0v) is 20.2. The van der Waals surface area contributed by atoms with Crippen molar-refractivity contribution < 1.29 is 4.79 Å². The van der Waals surface area contributed by atoms with Gasteiger partial charge < -0.3 is 5.32 Å². The molecule has 1 aromatic heterocycles. The van der Waals surface area contributed by atoms with Crippen LogP contribution in [0, 0.1) is 16.7 Å². The summed E-state index contributed by atoms with van der Waals surface area (Å²) in [6.45, 7) is 8.42. The number of nitrogens with one attached hydrogen (secondary N) is 2. The average Bonchev–Trinajstić information content (AvgIpc) is 2.82. The number of nitrogens with zero attached hydrogens (tertiary/aromatic N) is 3. The van der Waals surface area contributed by atoms with E-state index in [9.17, 15) is 10.1 Å². The first kappa shape index (κ1) is 23.2. The number of hydrogen-bond donors (Lipinski definition) is 2. The zero-order chi connectivity index (χ0) is 24.7. The Bertz CT molecular complexity index is 1300. The fourth-order valence-corrected chi connectivity index (χ4v) is 4.49. The van der Waals surface area contributed by atoms with Crippen molar-refractivity contribution in [3.05, 3.63) is 89.2 Å². The highest BCUT2D eigenvalue weighted by Crippen LogP contribution is 2.42. The van der Waals surface area contributed by atoms with E-state index in [0.717, 1.165) is 22.3 Å². The average molecular weight is 452 g/mol. The van der Waals surface area contributed by atoms with E-state index in [1.165, 1.54) is 10.5 Å². The Morgan fingerprint density at radius 3 is 2.44 bits per heavy atom. The van der Waals surface area contributed by atoms with E-state index in [1.54, 1.807) is 25.5 Å². The van der Waals surface area contributed by atoms with Gasteiger partial charge in [-0.05, 0) is 52.8 Å². The van der Waals surface area contributed by atoms with E-state index >= 15 is 0 Å². The van der Waals surface area contributed by atoms with Gasteiger partial charge in [-0.15, -0.1) is 0 Å².